The van der Waals surface area contributed by atoms with E-state index in [4.69, 9.17) is 4.52 Å². The van der Waals surface area contributed by atoms with E-state index in [0.717, 1.165) is 12.0 Å². The molecule has 0 bridgehead atoms. The summed E-state index contributed by atoms with van der Waals surface area (Å²) in [4.78, 5) is 9.61. The van der Waals surface area contributed by atoms with Crippen LogP contribution in [-0.2, 0) is 15.3 Å². The fourth-order valence-corrected chi connectivity index (χ4v) is 2.45. The lowest BCUT2D eigenvalue weighted by molar-refractivity contribution is 0.243. The number of hydrogen-bond acceptors (Lipinski definition) is 2. The second-order valence-corrected chi connectivity index (χ2v) is 6.15. The van der Waals surface area contributed by atoms with Crippen molar-refractivity contribution in [3.8, 4) is 0 Å². The maximum absolute atomic E-state index is 11.7. The van der Waals surface area contributed by atoms with E-state index in [2.05, 4.69) is 13.8 Å². The molecule has 0 saturated carbocycles. The second-order valence-electron chi connectivity index (χ2n) is 4.30. The average Bonchev–Trinajstić information content (AvgIpc) is 2.17. The first-order valence-corrected chi connectivity index (χ1v) is 7.26. The molecule has 3 nitrogen and oxygen atoms in total. The van der Waals surface area contributed by atoms with Crippen LogP contribution in [0.25, 0.3) is 0 Å². The van der Waals surface area contributed by atoms with Gasteiger partial charge in [0, 0.05) is 0 Å². The third-order valence-corrected chi connectivity index (χ3v) is 3.56. The summed E-state index contributed by atoms with van der Waals surface area (Å²) in [6.07, 6.45) is 0.894. The van der Waals surface area contributed by atoms with Crippen molar-refractivity contribution < 1.29 is 14.0 Å². The Morgan fingerprint density at radius 3 is 2.50 bits per heavy atom. The van der Waals surface area contributed by atoms with Gasteiger partial charge in [-0.15, -0.1) is 0 Å². The summed E-state index contributed by atoms with van der Waals surface area (Å²) in [6.45, 7) is 4.46. The van der Waals surface area contributed by atoms with Crippen LogP contribution in [0.1, 0.15) is 25.8 Å². The number of benzene rings is 1. The van der Waals surface area contributed by atoms with E-state index >= 15 is 0 Å². The summed E-state index contributed by atoms with van der Waals surface area (Å²) >= 11 is 0. The van der Waals surface area contributed by atoms with Crippen molar-refractivity contribution in [3.63, 3.8) is 0 Å². The Labute approximate surface area is 97.0 Å². The minimum absolute atomic E-state index is 0.0892. The van der Waals surface area contributed by atoms with Crippen LogP contribution in [0.3, 0.4) is 0 Å². The summed E-state index contributed by atoms with van der Waals surface area (Å²) in [5, 5.41) is 0. The molecule has 1 aromatic rings. The van der Waals surface area contributed by atoms with E-state index in [1.54, 1.807) is 0 Å². The lowest BCUT2D eigenvalue weighted by atomic mass is 10.2. The molecule has 0 amide bonds. The summed E-state index contributed by atoms with van der Waals surface area (Å²) < 4.78 is 16.8. The Bertz CT molecular complexity index is 349. The lowest BCUT2D eigenvalue weighted by Crippen LogP contribution is -1.99. The molecule has 90 valence electrons. The quantitative estimate of drug-likeness (QED) is 0.777. The van der Waals surface area contributed by atoms with E-state index in [1.807, 2.05) is 30.3 Å². The van der Waals surface area contributed by atoms with E-state index < -0.39 is 7.60 Å². The van der Waals surface area contributed by atoms with Gasteiger partial charge in [0.25, 0.3) is 0 Å². The fraction of sp³-hybridized carbons (Fsp3) is 0.500. The van der Waals surface area contributed by atoms with Crippen molar-refractivity contribution in [2.24, 2.45) is 5.92 Å². The van der Waals surface area contributed by atoms with Gasteiger partial charge in [-0.1, -0.05) is 44.2 Å². The van der Waals surface area contributed by atoms with Gasteiger partial charge in [-0.25, -0.2) is 0 Å². The third kappa shape index (κ3) is 5.45. The Morgan fingerprint density at radius 2 is 1.94 bits per heavy atom. The maximum Gasteiger partial charge on any atom is 0.332 e. The molecule has 1 aromatic carbocycles. The molecule has 0 radical (unpaired) electrons. The molecule has 0 aliphatic heterocycles. The molecule has 1 unspecified atom stereocenters. The van der Waals surface area contributed by atoms with Crippen molar-refractivity contribution in [3.05, 3.63) is 35.9 Å². The molecule has 0 heterocycles. The van der Waals surface area contributed by atoms with Gasteiger partial charge in [0.05, 0.1) is 12.8 Å². The van der Waals surface area contributed by atoms with Gasteiger partial charge in [0.15, 0.2) is 0 Å². The molecule has 16 heavy (non-hydrogen) atoms. The standard InChI is InChI=1S/C12H19O3P/c1-11(2)8-9-15-16(13,14)10-12-6-4-3-5-7-12/h3-7,11H,8-10H2,1-2H3,(H,13,14). The van der Waals surface area contributed by atoms with Gasteiger partial charge in [-0.05, 0) is 17.9 Å². The highest BCUT2D eigenvalue weighted by Crippen LogP contribution is 2.45. The molecular weight excluding hydrogens is 223 g/mol. The fourth-order valence-electron chi connectivity index (χ4n) is 1.29. The zero-order chi connectivity index (χ0) is 12.0. The van der Waals surface area contributed by atoms with Crippen LogP contribution in [-0.4, -0.2) is 11.5 Å². The highest BCUT2D eigenvalue weighted by Gasteiger charge is 2.19. The van der Waals surface area contributed by atoms with Crippen LogP contribution >= 0.6 is 7.60 Å². The van der Waals surface area contributed by atoms with Crippen LogP contribution in [0.5, 0.6) is 0 Å². The summed E-state index contributed by atoms with van der Waals surface area (Å²) in [7, 11) is -3.47. The van der Waals surface area contributed by atoms with E-state index in [9.17, 15) is 9.46 Å². The lowest BCUT2D eigenvalue weighted by Gasteiger charge is -2.13. The predicted molar refractivity (Wildman–Crippen MR) is 65.4 cm³/mol. The van der Waals surface area contributed by atoms with Crippen LogP contribution in [0.2, 0.25) is 0 Å². The van der Waals surface area contributed by atoms with Crippen LogP contribution < -0.4 is 0 Å². The van der Waals surface area contributed by atoms with Gasteiger partial charge in [-0.2, -0.15) is 0 Å². The topological polar surface area (TPSA) is 46.5 Å². The largest absolute Gasteiger partial charge is 0.332 e. The van der Waals surface area contributed by atoms with Crippen molar-refractivity contribution >= 4 is 7.60 Å². The summed E-state index contributed by atoms with van der Waals surface area (Å²) in [5.41, 5.74) is 0.831. The molecular formula is C12H19O3P. The van der Waals surface area contributed by atoms with Gasteiger partial charge < -0.3 is 9.42 Å². The zero-order valence-corrected chi connectivity index (χ0v) is 10.7. The molecule has 1 rings (SSSR count). The Balaban J connectivity index is 2.43. The van der Waals surface area contributed by atoms with E-state index in [1.165, 1.54) is 0 Å². The summed E-state index contributed by atoms with van der Waals surface area (Å²) in [6, 6.07) is 9.24. The van der Waals surface area contributed by atoms with Gasteiger partial charge in [0.2, 0.25) is 0 Å². The van der Waals surface area contributed by atoms with Gasteiger partial charge in [-0.3, -0.25) is 4.57 Å². The molecule has 0 fully saturated rings. The molecule has 4 heteroatoms. The first kappa shape index (κ1) is 13.4. The molecule has 1 N–H and O–H groups in total. The first-order valence-electron chi connectivity index (χ1n) is 5.50. The average molecular weight is 242 g/mol. The molecule has 0 aromatic heterocycles. The van der Waals surface area contributed by atoms with E-state index in [-0.39, 0.29) is 6.16 Å². The second kappa shape index (κ2) is 6.19. The maximum atomic E-state index is 11.7. The number of hydrogen-bond donors (Lipinski definition) is 1. The monoisotopic (exact) mass is 242 g/mol. The Kier molecular flexibility index (Phi) is 5.20. The Morgan fingerprint density at radius 1 is 1.31 bits per heavy atom. The highest BCUT2D eigenvalue weighted by molar-refractivity contribution is 7.51. The molecule has 0 spiro atoms. The van der Waals surface area contributed by atoms with Crippen LogP contribution in [0.15, 0.2) is 30.3 Å². The third-order valence-electron chi connectivity index (χ3n) is 2.21. The van der Waals surface area contributed by atoms with Crippen molar-refractivity contribution in [2.45, 2.75) is 26.4 Å². The van der Waals surface area contributed by atoms with Gasteiger partial charge >= 0.3 is 7.60 Å². The predicted octanol–water partition coefficient (Wildman–Crippen LogP) is 3.43. The van der Waals surface area contributed by atoms with Gasteiger partial charge in [0.1, 0.15) is 0 Å². The van der Waals surface area contributed by atoms with Crippen molar-refractivity contribution in [2.75, 3.05) is 6.61 Å². The Hall–Kier alpha value is -0.630. The number of rotatable bonds is 6. The van der Waals surface area contributed by atoms with Crippen LogP contribution in [0.4, 0.5) is 0 Å². The highest BCUT2D eigenvalue weighted by atomic mass is 31.2. The summed E-state index contributed by atoms with van der Waals surface area (Å²) in [5.74, 6) is 0.483. The van der Waals surface area contributed by atoms with Crippen molar-refractivity contribution in [1.29, 1.82) is 0 Å². The first-order chi connectivity index (χ1) is 7.49. The van der Waals surface area contributed by atoms with E-state index in [0.29, 0.717) is 12.5 Å². The normalized spacial score (nSPS) is 15.0. The molecule has 0 aliphatic carbocycles. The zero-order valence-electron chi connectivity index (χ0n) is 9.80. The smallest absolute Gasteiger partial charge is 0.324 e. The molecule has 0 aliphatic rings. The SMILES string of the molecule is CC(C)CCOP(=O)(O)Cc1ccccc1. The van der Waals surface area contributed by atoms with Crippen LogP contribution in [0, 0.1) is 5.92 Å². The molecule has 1 atom stereocenters. The minimum atomic E-state index is -3.47. The minimum Gasteiger partial charge on any atom is -0.324 e. The van der Waals surface area contributed by atoms with Crippen molar-refractivity contribution in [1.82, 2.24) is 0 Å². The molecule has 0 saturated heterocycles.